The standard InChI is InChI=1S/C12H16FNO3/c1-2-3-4-5-8-17-10-6-7-12(14(15)16)11(13)9-10/h6-7,9H,2-5,8H2,1H3. The van der Waals surface area contributed by atoms with Gasteiger partial charge < -0.3 is 4.74 Å². The average Bonchev–Trinajstić information content (AvgIpc) is 2.28. The van der Waals surface area contributed by atoms with Gasteiger partial charge in [0.1, 0.15) is 5.75 Å². The minimum Gasteiger partial charge on any atom is -0.493 e. The van der Waals surface area contributed by atoms with Gasteiger partial charge in [0.15, 0.2) is 0 Å². The monoisotopic (exact) mass is 241 g/mol. The SMILES string of the molecule is CCCCCCOc1ccc([N+](=O)[O-])c(F)c1. The number of nitro groups is 1. The van der Waals surface area contributed by atoms with Crippen LogP contribution >= 0.6 is 0 Å². The van der Waals surface area contributed by atoms with E-state index in [2.05, 4.69) is 6.92 Å². The molecular formula is C12H16FNO3. The van der Waals surface area contributed by atoms with E-state index in [0.717, 1.165) is 37.8 Å². The van der Waals surface area contributed by atoms with E-state index in [1.165, 1.54) is 6.07 Å². The van der Waals surface area contributed by atoms with Crippen LogP contribution in [0.25, 0.3) is 0 Å². The zero-order valence-electron chi connectivity index (χ0n) is 9.82. The molecule has 0 atom stereocenters. The molecule has 5 heteroatoms. The molecule has 4 nitrogen and oxygen atoms in total. The minimum absolute atomic E-state index is 0.338. The lowest BCUT2D eigenvalue weighted by molar-refractivity contribution is -0.387. The van der Waals surface area contributed by atoms with Crippen molar-refractivity contribution in [2.75, 3.05) is 6.61 Å². The molecule has 0 aliphatic carbocycles. The highest BCUT2D eigenvalue weighted by Gasteiger charge is 2.13. The highest BCUT2D eigenvalue weighted by atomic mass is 19.1. The van der Waals surface area contributed by atoms with Crippen LogP contribution in [0.5, 0.6) is 5.75 Å². The van der Waals surface area contributed by atoms with Gasteiger partial charge in [-0.25, -0.2) is 0 Å². The number of nitrogens with zero attached hydrogens (tertiary/aromatic N) is 1. The Morgan fingerprint density at radius 2 is 2.12 bits per heavy atom. The summed E-state index contributed by atoms with van der Waals surface area (Å²) in [5.74, 6) is -0.523. The number of hydrogen-bond acceptors (Lipinski definition) is 3. The van der Waals surface area contributed by atoms with Gasteiger partial charge in [0.05, 0.1) is 11.5 Å². The van der Waals surface area contributed by atoms with Crippen LogP contribution in [0.4, 0.5) is 10.1 Å². The second-order valence-electron chi connectivity index (χ2n) is 3.78. The van der Waals surface area contributed by atoms with E-state index in [9.17, 15) is 14.5 Å². The highest BCUT2D eigenvalue weighted by molar-refractivity contribution is 5.37. The number of nitro benzene ring substituents is 1. The molecule has 0 bridgehead atoms. The summed E-state index contributed by atoms with van der Waals surface area (Å²) in [6.45, 7) is 2.63. The topological polar surface area (TPSA) is 52.4 Å². The smallest absolute Gasteiger partial charge is 0.305 e. The summed E-state index contributed by atoms with van der Waals surface area (Å²) in [5, 5.41) is 10.4. The third-order valence-corrected chi connectivity index (χ3v) is 2.38. The predicted molar refractivity (Wildman–Crippen MR) is 62.7 cm³/mol. The molecule has 1 aromatic rings. The Morgan fingerprint density at radius 3 is 2.71 bits per heavy atom. The van der Waals surface area contributed by atoms with Gasteiger partial charge in [-0.2, -0.15) is 4.39 Å². The first-order valence-electron chi connectivity index (χ1n) is 5.72. The van der Waals surface area contributed by atoms with Crippen LogP contribution in [-0.2, 0) is 0 Å². The molecule has 0 saturated heterocycles. The van der Waals surface area contributed by atoms with Crippen LogP contribution in [0.3, 0.4) is 0 Å². The van der Waals surface area contributed by atoms with Crippen LogP contribution in [0, 0.1) is 15.9 Å². The molecule has 0 aromatic heterocycles. The molecule has 0 radical (unpaired) electrons. The van der Waals surface area contributed by atoms with Crippen molar-refractivity contribution >= 4 is 5.69 Å². The van der Waals surface area contributed by atoms with E-state index in [-0.39, 0.29) is 0 Å². The van der Waals surface area contributed by atoms with Crippen LogP contribution in [0.1, 0.15) is 32.6 Å². The predicted octanol–water partition coefficient (Wildman–Crippen LogP) is 3.69. The Kier molecular flexibility index (Phi) is 5.39. The summed E-state index contributed by atoms with van der Waals surface area (Å²) in [7, 11) is 0. The number of unbranched alkanes of at least 4 members (excludes halogenated alkanes) is 3. The fraction of sp³-hybridized carbons (Fsp3) is 0.500. The van der Waals surface area contributed by atoms with Gasteiger partial charge in [-0.3, -0.25) is 10.1 Å². The largest absolute Gasteiger partial charge is 0.493 e. The maximum atomic E-state index is 13.2. The lowest BCUT2D eigenvalue weighted by Gasteiger charge is -2.05. The average molecular weight is 241 g/mol. The Hall–Kier alpha value is -1.65. The first-order valence-corrected chi connectivity index (χ1v) is 5.72. The Morgan fingerprint density at radius 1 is 1.35 bits per heavy atom. The van der Waals surface area contributed by atoms with Crippen molar-refractivity contribution in [3.63, 3.8) is 0 Å². The van der Waals surface area contributed by atoms with Crippen LogP contribution in [0.2, 0.25) is 0 Å². The first kappa shape index (κ1) is 13.4. The molecule has 1 rings (SSSR count). The third kappa shape index (κ3) is 4.38. The summed E-state index contributed by atoms with van der Waals surface area (Å²) in [6.07, 6.45) is 4.28. The van der Waals surface area contributed by atoms with Crippen molar-refractivity contribution in [3.8, 4) is 5.75 Å². The number of ether oxygens (including phenoxy) is 1. The molecule has 0 saturated carbocycles. The quantitative estimate of drug-likeness (QED) is 0.415. The van der Waals surface area contributed by atoms with Gasteiger partial charge in [-0.15, -0.1) is 0 Å². The van der Waals surface area contributed by atoms with Gasteiger partial charge in [0.2, 0.25) is 5.82 Å². The van der Waals surface area contributed by atoms with Gasteiger partial charge in [-0.05, 0) is 12.5 Å². The van der Waals surface area contributed by atoms with Crippen molar-refractivity contribution in [2.24, 2.45) is 0 Å². The lowest BCUT2D eigenvalue weighted by atomic mass is 10.2. The maximum absolute atomic E-state index is 13.2. The first-order chi connectivity index (χ1) is 8.15. The molecule has 0 N–H and O–H groups in total. The van der Waals surface area contributed by atoms with E-state index < -0.39 is 16.4 Å². The molecule has 0 aliphatic heterocycles. The van der Waals surface area contributed by atoms with Gasteiger partial charge in [0.25, 0.3) is 0 Å². The summed E-state index contributed by atoms with van der Waals surface area (Å²) in [4.78, 5) is 9.64. The third-order valence-electron chi connectivity index (χ3n) is 2.38. The van der Waals surface area contributed by atoms with Crippen LogP contribution in [0.15, 0.2) is 18.2 Å². The van der Waals surface area contributed by atoms with Crippen molar-refractivity contribution in [2.45, 2.75) is 32.6 Å². The molecule has 0 fully saturated rings. The minimum atomic E-state index is -0.860. The Balaban J connectivity index is 2.45. The second kappa shape index (κ2) is 6.83. The summed E-state index contributed by atoms with van der Waals surface area (Å²) in [6, 6.07) is 3.59. The van der Waals surface area contributed by atoms with Crippen molar-refractivity contribution in [1.82, 2.24) is 0 Å². The molecule has 17 heavy (non-hydrogen) atoms. The molecular weight excluding hydrogens is 225 g/mol. The highest BCUT2D eigenvalue weighted by Crippen LogP contribution is 2.22. The summed E-state index contributed by atoms with van der Waals surface area (Å²) in [5.41, 5.74) is -0.525. The van der Waals surface area contributed by atoms with Crippen molar-refractivity contribution < 1.29 is 14.1 Å². The molecule has 0 spiro atoms. The molecule has 0 amide bonds. The Bertz CT molecular complexity index is 382. The fourth-order valence-corrected chi connectivity index (χ4v) is 1.44. The van der Waals surface area contributed by atoms with Gasteiger partial charge in [-0.1, -0.05) is 26.2 Å². The molecule has 0 heterocycles. The lowest BCUT2D eigenvalue weighted by Crippen LogP contribution is -1.99. The van der Waals surface area contributed by atoms with E-state index in [1.807, 2.05) is 0 Å². The van der Waals surface area contributed by atoms with E-state index >= 15 is 0 Å². The Labute approximate surface area is 99.6 Å². The molecule has 1 aromatic carbocycles. The zero-order chi connectivity index (χ0) is 12.7. The molecule has 0 unspecified atom stereocenters. The van der Waals surface area contributed by atoms with Crippen molar-refractivity contribution in [3.05, 3.63) is 34.1 Å². The maximum Gasteiger partial charge on any atom is 0.305 e. The van der Waals surface area contributed by atoms with E-state index in [0.29, 0.717) is 12.4 Å². The van der Waals surface area contributed by atoms with Crippen LogP contribution in [-0.4, -0.2) is 11.5 Å². The number of rotatable bonds is 7. The normalized spacial score (nSPS) is 10.2. The zero-order valence-corrected chi connectivity index (χ0v) is 9.82. The number of hydrogen-bond donors (Lipinski definition) is 0. The molecule has 94 valence electrons. The van der Waals surface area contributed by atoms with Gasteiger partial charge in [0, 0.05) is 12.1 Å². The van der Waals surface area contributed by atoms with Crippen molar-refractivity contribution in [1.29, 1.82) is 0 Å². The van der Waals surface area contributed by atoms with E-state index in [1.54, 1.807) is 0 Å². The number of benzene rings is 1. The molecule has 0 aliphatic rings. The van der Waals surface area contributed by atoms with Crippen LogP contribution < -0.4 is 4.74 Å². The fourth-order valence-electron chi connectivity index (χ4n) is 1.44. The second-order valence-corrected chi connectivity index (χ2v) is 3.78. The summed E-state index contributed by atoms with van der Waals surface area (Å²) < 4.78 is 18.5. The van der Waals surface area contributed by atoms with Gasteiger partial charge >= 0.3 is 5.69 Å². The van der Waals surface area contributed by atoms with E-state index in [4.69, 9.17) is 4.74 Å². The number of halogens is 1. The summed E-state index contributed by atoms with van der Waals surface area (Å²) >= 11 is 0.